The Morgan fingerprint density at radius 3 is 2.77 bits per heavy atom. The summed E-state index contributed by atoms with van der Waals surface area (Å²) >= 11 is 0. The van der Waals surface area contributed by atoms with Crippen molar-refractivity contribution in [3.8, 4) is 0 Å². The van der Waals surface area contributed by atoms with E-state index in [2.05, 4.69) is 39.0 Å². The maximum absolute atomic E-state index is 5.52. The lowest BCUT2D eigenvalue weighted by Gasteiger charge is -2.52. The monoisotopic (exact) mass is 298 g/mol. The van der Waals surface area contributed by atoms with Gasteiger partial charge in [-0.05, 0) is 66.9 Å². The Bertz CT molecular complexity index is 581. The van der Waals surface area contributed by atoms with E-state index in [0.717, 1.165) is 29.9 Å². The van der Waals surface area contributed by atoms with E-state index in [1.54, 1.807) is 5.57 Å². The van der Waals surface area contributed by atoms with E-state index in [4.69, 9.17) is 4.74 Å². The Labute approximate surface area is 135 Å². The number of methoxy groups -OCH3 is 1. The van der Waals surface area contributed by atoms with Gasteiger partial charge in [-0.25, -0.2) is 0 Å². The van der Waals surface area contributed by atoms with Gasteiger partial charge in [0.1, 0.15) is 0 Å². The summed E-state index contributed by atoms with van der Waals surface area (Å²) in [6, 6.07) is 0. The molecule has 0 spiro atoms. The Morgan fingerprint density at radius 2 is 2.00 bits per heavy atom. The maximum atomic E-state index is 5.52. The lowest BCUT2D eigenvalue weighted by molar-refractivity contribution is 0.102. The van der Waals surface area contributed by atoms with E-state index >= 15 is 0 Å². The van der Waals surface area contributed by atoms with Gasteiger partial charge in [0.25, 0.3) is 0 Å². The molecule has 4 rings (SSSR count). The van der Waals surface area contributed by atoms with Gasteiger partial charge in [-0.2, -0.15) is 0 Å². The Balaban J connectivity index is 1.75. The van der Waals surface area contributed by atoms with Crippen LogP contribution in [0.2, 0.25) is 0 Å². The topological polar surface area (TPSA) is 9.23 Å². The van der Waals surface area contributed by atoms with Crippen molar-refractivity contribution in [3.63, 3.8) is 0 Å². The van der Waals surface area contributed by atoms with E-state index in [1.807, 2.05) is 7.11 Å². The van der Waals surface area contributed by atoms with Crippen LogP contribution in [0.4, 0.5) is 0 Å². The summed E-state index contributed by atoms with van der Waals surface area (Å²) in [7, 11) is 1.81. The highest BCUT2D eigenvalue weighted by Crippen LogP contribution is 2.63. The van der Waals surface area contributed by atoms with E-state index in [-0.39, 0.29) is 5.41 Å². The molecule has 0 N–H and O–H groups in total. The number of ether oxygens (including phenoxy) is 1. The van der Waals surface area contributed by atoms with Crippen LogP contribution in [-0.2, 0) is 4.74 Å². The highest BCUT2D eigenvalue weighted by molar-refractivity contribution is 5.45. The third-order valence-electron chi connectivity index (χ3n) is 7.85. The minimum absolute atomic E-state index is 0.276. The lowest BCUT2D eigenvalue weighted by atomic mass is 9.52. The molecule has 1 saturated carbocycles. The minimum atomic E-state index is 0.276. The van der Waals surface area contributed by atoms with Crippen LogP contribution in [-0.4, -0.2) is 7.11 Å². The molecule has 0 bridgehead atoms. The summed E-state index contributed by atoms with van der Waals surface area (Å²) in [6.45, 7) is 7.54. The van der Waals surface area contributed by atoms with Gasteiger partial charge in [0.15, 0.2) is 0 Å². The lowest BCUT2D eigenvalue weighted by Crippen LogP contribution is -2.42. The largest absolute Gasteiger partial charge is 0.501 e. The summed E-state index contributed by atoms with van der Waals surface area (Å²) in [5.74, 6) is 3.76. The molecule has 0 saturated heterocycles. The number of rotatable bonds is 1. The van der Waals surface area contributed by atoms with Crippen LogP contribution < -0.4 is 0 Å². The second kappa shape index (κ2) is 4.76. The molecule has 22 heavy (non-hydrogen) atoms. The van der Waals surface area contributed by atoms with Crippen molar-refractivity contribution in [1.29, 1.82) is 0 Å². The molecule has 0 radical (unpaired) electrons. The third kappa shape index (κ3) is 1.77. The van der Waals surface area contributed by atoms with Crippen molar-refractivity contribution in [1.82, 2.24) is 0 Å². The highest BCUT2D eigenvalue weighted by atomic mass is 16.5. The predicted molar refractivity (Wildman–Crippen MR) is 91.3 cm³/mol. The molecule has 0 aromatic carbocycles. The van der Waals surface area contributed by atoms with Crippen LogP contribution in [0.5, 0.6) is 0 Å². The first-order valence-electron chi connectivity index (χ1n) is 9.15. The SMILES string of the molecule is COC1=CC2=CCC3C(=CCC4(C)C(C)CCC34)C2(C)CC1. The van der Waals surface area contributed by atoms with Gasteiger partial charge in [0.05, 0.1) is 12.9 Å². The van der Waals surface area contributed by atoms with Crippen LogP contribution in [0.1, 0.15) is 59.3 Å². The highest BCUT2D eigenvalue weighted by Gasteiger charge is 2.53. The predicted octanol–water partition coefficient (Wildman–Crippen LogP) is 5.65. The van der Waals surface area contributed by atoms with E-state index in [0.29, 0.717) is 5.41 Å². The number of hydrogen-bond donors (Lipinski definition) is 0. The molecular formula is C21H30O. The van der Waals surface area contributed by atoms with Crippen molar-refractivity contribution in [3.05, 3.63) is 35.1 Å². The van der Waals surface area contributed by atoms with Gasteiger partial charge < -0.3 is 4.74 Å². The van der Waals surface area contributed by atoms with E-state index in [9.17, 15) is 0 Å². The Morgan fingerprint density at radius 1 is 1.18 bits per heavy atom. The van der Waals surface area contributed by atoms with E-state index < -0.39 is 0 Å². The fourth-order valence-corrected chi connectivity index (χ4v) is 6.02. The average molecular weight is 298 g/mol. The molecule has 1 fully saturated rings. The fraction of sp³-hybridized carbons (Fsp3) is 0.714. The fourth-order valence-electron chi connectivity index (χ4n) is 6.02. The standard InChI is InChI=1S/C21H30O/c1-14-5-8-18-17-7-6-15-13-16(22-4)9-11-21(15,3)19(17)10-12-20(14,18)2/h6,10,13-14,17-18H,5,7-9,11-12H2,1-4H3. The van der Waals surface area contributed by atoms with Gasteiger partial charge in [-0.15, -0.1) is 0 Å². The summed E-state index contributed by atoms with van der Waals surface area (Å²) in [6.07, 6.45) is 15.2. The summed E-state index contributed by atoms with van der Waals surface area (Å²) in [4.78, 5) is 0. The first kappa shape index (κ1) is 14.6. The molecule has 5 unspecified atom stereocenters. The molecule has 4 aliphatic carbocycles. The van der Waals surface area contributed by atoms with Crippen molar-refractivity contribution >= 4 is 0 Å². The van der Waals surface area contributed by atoms with Gasteiger partial charge >= 0.3 is 0 Å². The minimum Gasteiger partial charge on any atom is -0.501 e. The molecule has 5 atom stereocenters. The second-order valence-corrected chi connectivity index (χ2v) is 8.60. The molecule has 1 heteroatoms. The van der Waals surface area contributed by atoms with Crippen molar-refractivity contribution in [2.45, 2.75) is 59.3 Å². The molecule has 0 aliphatic heterocycles. The molecule has 0 aromatic rings. The van der Waals surface area contributed by atoms with Gasteiger partial charge in [0.2, 0.25) is 0 Å². The van der Waals surface area contributed by atoms with Gasteiger partial charge in [-0.3, -0.25) is 0 Å². The zero-order valence-electron chi connectivity index (χ0n) is 14.6. The first-order valence-corrected chi connectivity index (χ1v) is 9.15. The smallest absolute Gasteiger partial charge is 0.0958 e. The molecule has 0 amide bonds. The van der Waals surface area contributed by atoms with Crippen LogP contribution in [0, 0.1) is 28.6 Å². The van der Waals surface area contributed by atoms with Gasteiger partial charge in [-0.1, -0.05) is 38.5 Å². The summed E-state index contributed by atoms with van der Waals surface area (Å²) < 4.78 is 5.52. The summed E-state index contributed by atoms with van der Waals surface area (Å²) in [5, 5.41) is 0. The summed E-state index contributed by atoms with van der Waals surface area (Å²) in [5.41, 5.74) is 4.12. The maximum Gasteiger partial charge on any atom is 0.0958 e. The second-order valence-electron chi connectivity index (χ2n) is 8.60. The first-order chi connectivity index (χ1) is 10.5. The van der Waals surface area contributed by atoms with Crippen molar-refractivity contribution in [2.75, 3.05) is 7.11 Å². The molecule has 4 aliphatic rings. The number of allylic oxidation sites excluding steroid dienone is 6. The Kier molecular flexibility index (Phi) is 3.16. The van der Waals surface area contributed by atoms with E-state index in [1.165, 1.54) is 37.7 Å². The quantitative estimate of drug-likeness (QED) is 0.569. The van der Waals surface area contributed by atoms with Crippen LogP contribution in [0.25, 0.3) is 0 Å². The number of fused-ring (bicyclic) bond motifs is 5. The number of hydrogen-bond acceptors (Lipinski definition) is 1. The molecule has 1 nitrogen and oxygen atoms in total. The Hall–Kier alpha value is -0.980. The average Bonchev–Trinajstić information content (AvgIpc) is 2.82. The molecular weight excluding hydrogens is 268 g/mol. The van der Waals surface area contributed by atoms with Crippen molar-refractivity contribution < 1.29 is 4.74 Å². The van der Waals surface area contributed by atoms with Gasteiger partial charge in [0, 0.05) is 11.8 Å². The molecule has 0 heterocycles. The zero-order valence-corrected chi connectivity index (χ0v) is 14.6. The molecule has 120 valence electrons. The third-order valence-corrected chi connectivity index (χ3v) is 7.85. The molecule has 0 aromatic heterocycles. The normalized spacial score (nSPS) is 46.7. The van der Waals surface area contributed by atoms with Crippen LogP contribution in [0.15, 0.2) is 35.1 Å². The van der Waals surface area contributed by atoms with Crippen LogP contribution in [0.3, 0.4) is 0 Å². The zero-order chi connectivity index (χ0) is 15.5. The van der Waals surface area contributed by atoms with Crippen LogP contribution >= 0.6 is 0 Å². The van der Waals surface area contributed by atoms with Crippen molar-refractivity contribution in [2.24, 2.45) is 28.6 Å².